The molecule has 90 valence electrons. The fourth-order valence-corrected chi connectivity index (χ4v) is 1.07. The lowest BCUT2D eigenvalue weighted by Gasteiger charge is -2.06. The van der Waals surface area contributed by atoms with Gasteiger partial charge in [-0.1, -0.05) is 12.1 Å². The summed E-state index contributed by atoms with van der Waals surface area (Å²) in [6.45, 7) is 1.24. The maximum absolute atomic E-state index is 11.6. The predicted molar refractivity (Wildman–Crippen MR) is 61.0 cm³/mol. The Morgan fingerprint density at radius 2 is 1.94 bits per heavy atom. The quantitative estimate of drug-likeness (QED) is 0.215. The van der Waals surface area contributed by atoms with Crippen LogP contribution in [0.4, 0.5) is 0 Å². The molecule has 0 bridgehead atoms. The largest absolute Gasteiger partial charge is 0.426 e. The van der Waals surface area contributed by atoms with Crippen molar-refractivity contribution in [2.24, 2.45) is 16.6 Å². The van der Waals surface area contributed by atoms with Gasteiger partial charge in [-0.2, -0.15) is 0 Å². The number of para-hydroxylation sites is 1. The molecule has 0 spiro atoms. The number of carbonyl (C=O) groups excluding carboxylic acids is 2. The van der Waals surface area contributed by atoms with E-state index in [-0.39, 0.29) is 17.3 Å². The van der Waals surface area contributed by atoms with Gasteiger partial charge in [-0.05, 0) is 12.1 Å². The van der Waals surface area contributed by atoms with Gasteiger partial charge < -0.3 is 16.2 Å². The standard InChI is InChI=1S/C10H12N4O3/c1-6(15)17-8-5-3-2-4-7(8)9(16)13-14-10(11)12/h2-5H,1H3,(H,13,16)(H4,11,12,14). The minimum atomic E-state index is -0.574. The first-order chi connectivity index (χ1) is 8.00. The molecule has 7 heteroatoms. The van der Waals surface area contributed by atoms with Crippen molar-refractivity contribution in [3.8, 4) is 5.75 Å². The van der Waals surface area contributed by atoms with Gasteiger partial charge in [0.25, 0.3) is 5.91 Å². The number of nitrogens with one attached hydrogen (secondary N) is 1. The molecule has 1 amide bonds. The van der Waals surface area contributed by atoms with Crippen LogP contribution in [0.15, 0.2) is 29.4 Å². The van der Waals surface area contributed by atoms with E-state index in [0.717, 1.165) is 0 Å². The Kier molecular flexibility index (Phi) is 4.04. The van der Waals surface area contributed by atoms with Crippen molar-refractivity contribution in [2.75, 3.05) is 0 Å². The number of amides is 1. The summed E-state index contributed by atoms with van der Waals surface area (Å²) in [4.78, 5) is 22.5. The third kappa shape index (κ3) is 3.82. The molecule has 0 aromatic heterocycles. The van der Waals surface area contributed by atoms with Crippen LogP contribution in [0.25, 0.3) is 0 Å². The van der Waals surface area contributed by atoms with Crippen molar-refractivity contribution in [1.29, 1.82) is 0 Å². The van der Waals surface area contributed by atoms with Crippen molar-refractivity contribution in [1.82, 2.24) is 5.43 Å². The highest BCUT2D eigenvalue weighted by molar-refractivity contribution is 5.98. The summed E-state index contributed by atoms with van der Waals surface area (Å²) in [7, 11) is 0. The fourth-order valence-electron chi connectivity index (χ4n) is 1.07. The Morgan fingerprint density at radius 3 is 2.53 bits per heavy atom. The Balaban J connectivity index is 2.92. The predicted octanol–water partition coefficient (Wildman–Crippen LogP) is -0.470. The van der Waals surface area contributed by atoms with Crippen LogP contribution in [-0.2, 0) is 4.79 Å². The Morgan fingerprint density at radius 1 is 1.29 bits per heavy atom. The molecule has 0 heterocycles. The van der Waals surface area contributed by atoms with Gasteiger partial charge in [0.2, 0.25) is 5.96 Å². The van der Waals surface area contributed by atoms with Gasteiger partial charge in [-0.25, -0.2) is 5.43 Å². The fraction of sp³-hybridized carbons (Fsp3) is 0.100. The van der Waals surface area contributed by atoms with Crippen LogP contribution >= 0.6 is 0 Å². The maximum Gasteiger partial charge on any atom is 0.308 e. The van der Waals surface area contributed by atoms with Crippen molar-refractivity contribution in [2.45, 2.75) is 6.92 Å². The summed E-state index contributed by atoms with van der Waals surface area (Å²) in [6.07, 6.45) is 0. The van der Waals surface area contributed by atoms with Gasteiger partial charge in [0, 0.05) is 6.92 Å². The van der Waals surface area contributed by atoms with E-state index >= 15 is 0 Å². The van der Waals surface area contributed by atoms with E-state index in [0.29, 0.717) is 0 Å². The summed E-state index contributed by atoms with van der Waals surface area (Å²) in [5, 5.41) is 3.35. The molecule has 17 heavy (non-hydrogen) atoms. The molecule has 0 fully saturated rings. The Hall–Kier alpha value is -2.57. The maximum atomic E-state index is 11.6. The van der Waals surface area contributed by atoms with Crippen molar-refractivity contribution < 1.29 is 14.3 Å². The number of hydrogen-bond donors (Lipinski definition) is 3. The SMILES string of the molecule is CC(=O)Oc1ccccc1C(=O)NN=C(N)N. The first kappa shape index (κ1) is 12.5. The van der Waals surface area contributed by atoms with Gasteiger partial charge in [-0.3, -0.25) is 9.59 Å². The number of guanidine groups is 1. The summed E-state index contributed by atoms with van der Waals surface area (Å²) in [5.74, 6) is -1.23. The van der Waals surface area contributed by atoms with Crippen LogP contribution in [0, 0.1) is 0 Å². The number of hydrogen-bond acceptors (Lipinski definition) is 4. The minimum Gasteiger partial charge on any atom is -0.426 e. The minimum absolute atomic E-state index is 0.142. The second kappa shape index (κ2) is 5.50. The number of hydrazone groups is 1. The van der Waals surface area contributed by atoms with E-state index in [1.165, 1.54) is 19.1 Å². The second-order valence-corrected chi connectivity index (χ2v) is 3.07. The molecule has 0 radical (unpaired) electrons. The molecule has 0 unspecified atom stereocenters. The molecule has 5 N–H and O–H groups in total. The Labute approximate surface area is 97.4 Å². The highest BCUT2D eigenvalue weighted by Gasteiger charge is 2.12. The third-order valence-corrected chi connectivity index (χ3v) is 1.67. The average Bonchev–Trinajstić information content (AvgIpc) is 2.25. The molecule has 0 aliphatic heterocycles. The monoisotopic (exact) mass is 236 g/mol. The summed E-state index contributed by atoms with van der Waals surface area (Å²) < 4.78 is 4.86. The van der Waals surface area contributed by atoms with E-state index in [1.54, 1.807) is 12.1 Å². The van der Waals surface area contributed by atoms with Crippen LogP contribution in [0.1, 0.15) is 17.3 Å². The van der Waals surface area contributed by atoms with Gasteiger partial charge in [0.1, 0.15) is 5.75 Å². The molecule has 7 nitrogen and oxygen atoms in total. The van der Waals surface area contributed by atoms with Crippen molar-refractivity contribution in [3.05, 3.63) is 29.8 Å². The second-order valence-electron chi connectivity index (χ2n) is 3.07. The molecular formula is C10H12N4O3. The van der Waals surface area contributed by atoms with Gasteiger partial charge in [-0.15, -0.1) is 5.10 Å². The van der Waals surface area contributed by atoms with Crippen molar-refractivity contribution >= 4 is 17.8 Å². The summed E-state index contributed by atoms with van der Waals surface area (Å²) in [5.41, 5.74) is 12.4. The lowest BCUT2D eigenvalue weighted by Crippen LogP contribution is -2.29. The summed E-state index contributed by atoms with van der Waals surface area (Å²) in [6, 6.07) is 6.23. The zero-order valence-electron chi connectivity index (χ0n) is 9.14. The van der Waals surface area contributed by atoms with E-state index in [2.05, 4.69) is 10.5 Å². The van der Waals surface area contributed by atoms with Crippen LogP contribution in [0.2, 0.25) is 0 Å². The third-order valence-electron chi connectivity index (χ3n) is 1.67. The molecule has 1 rings (SSSR count). The number of carbonyl (C=O) groups is 2. The zero-order valence-corrected chi connectivity index (χ0v) is 9.14. The molecule has 0 aliphatic rings. The number of nitrogens with zero attached hydrogens (tertiary/aromatic N) is 1. The van der Waals surface area contributed by atoms with E-state index < -0.39 is 11.9 Å². The van der Waals surface area contributed by atoms with E-state index in [1.807, 2.05) is 0 Å². The normalized spacial score (nSPS) is 9.24. The smallest absolute Gasteiger partial charge is 0.308 e. The van der Waals surface area contributed by atoms with Crippen LogP contribution in [-0.4, -0.2) is 17.8 Å². The molecule has 1 aromatic carbocycles. The highest BCUT2D eigenvalue weighted by Crippen LogP contribution is 2.17. The summed E-state index contributed by atoms with van der Waals surface area (Å²) >= 11 is 0. The van der Waals surface area contributed by atoms with Crippen LogP contribution in [0.3, 0.4) is 0 Å². The average molecular weight is 236 g/mol. The van der Waals surface area contributed by atoms with Crippen LogP contribution < -0.4 is 21.6 Å². The first-order valence-electron chi connectivity index (χ1n) is 4.67. The lowest BCUT2D eigenvalue weighted by molar-refractivity contribution is -0.131. The van der Waals surface area contributed by atoms with Gasteiger partial charge >= 0.3 is 5.97 Å². The number of nitrogens with two attached hydrogens (primary N) is 2. The van der Waals surface area contributed by atoms with Gasteiger partial charge in [0.05, 0.1) is 5.56 Å². The number of rotatable bonds is 3. The molecular weight excluding hydrogens is 224 g/mol. The Bertz CT molecular complexity index is 466. The van der Waals surface area contributed by atoms with Crippen molar-refractivity contribution in [3.63, 3.8) is 0 Å². The number of benzene rings is 1. The molecule has 0 atom stereocenters. The number of esters is 1. The van der Waals surface area contributed by atoms with E-state index in [9.17, 15) is 9.59 Å². The van der Waals surface area contributed by atoms with Crippen LogP contribution in [0.5, 0.6) is 5.75 Å². The van der Waals surface area contributed by atoms with Gasteiger partial charge in [0.15, 0.2) is 0 Å². The first-order valence-corrected chi connectivity index (χ1v) is 4.67. The zero-order chi connectivity index (χ0) is 12.8. The molecule has 0 saturated carbocycles. The number of ether oxygens (including phenoxy) is 1. The topological polar surface area (TPSA) is 120 Å². The van der Waals surface area contributed by atoms with E-state index in [4.69, 9.17) is 16.2 Å². The molecule has 0 saturated heterocycles. The molecule has 1 aromatic rings. The lowest BCUT2D eigenvalue weighted by atomic mass is 10.2. The molecule has 0 aliphatic carbocycles. The highest BCUT2D eigenvalue weighted by atomic mass is 16.5.